The van der Waals surface area contributed by atoms with Gasteiger partial charge in [0, 0.05) is 0 Å². The van der Waals surface area contributed by atoms with E-state index in [9.17, 15) is 0 Å². The summed E-state index contributed by atoms with van der Waals surface area (Å²) in [6, 6.07) is 0. The van der Waals surface area contributed by atoms with Crippen molar-refractivity contribution in [3.8, 4) is 0 Å². The van der Waals surface area contributed by atoms with Gasteiger partial charge in [-0.15, -0.1) is 0 Å². The van der Waals surface area contributed by atoms with E-state index in [-0.39, 0.29) is 0 Å². The van der Waals surface area contributed by atoms with Crippen LogP contribution in [0.3, 0.4) is 0 Å². The molecule has 0 aliphatic heterocycles. The molecule has 112 valence electrons. The van der Waals surface area contributed by atoms with E-state index in [4.69, 9.17) is 4.74 Å². The first kappa shape index (κ1) is 18.4. The van der Waals surface area contributed by atoms with Gasteiger partial charge in [-0.05, 0) is 25.7 Å². The van der Waals surface area contributed by atoms with Gasteiger partial charge in [0.25, 0.3) is 0 Å². The van der Waals surface area contributed by atoms with Crippen LogP contribution < -0.4 is 0 Å². The molecule has 0 spiro atoms. The first-order chi connectivity index (χ1) is 9.31. The van der Waals surface area contributed by atoms with Crippen molar-refractivity contribution in [2.45, 2.75) is 78.1 Å². The Bertz CT molecular complexity index is 218. The third-order valence-corrected chi connectivity index (χ3v) is 3.27. The van der Waals surface area contributed by atoms with Crippen molar-refractivity contribution in [3.63, 3.8) is 0 Å². The van der Waals surface area contributed by atoms with Gasteiger partial charge >= 0.3 is 0 Å². The van der Waals surface area contributed by atoms with E-state index in [1.807, 2.05) is 0 Å². The van der Waals surface area contributed by atoms with E-state index in [0.717, 1.165) is 32.5 Å². The van der Waals surface area contributed by atoms with Gasteiger partial charge in [-0.1, -0.05) is 76.7 Å². The molecule has 0 bridgehead atoms. The fourth-order valence-electron chi connectivity index (χ4n) is 2.06. The minimum atomic E-state index is 0.746. The molecule has 1 heteroatoms. The maximum Gasteiger partial charge on any atom is 0.0674 e. The zero-order chi connectivity index (χ0) is 14.2. The van der Waals surface area contributed by atoms with E-state index < -0.39 is 0 Å². The maximum absolute atomic E-state index is 5.60. The predicted octanol–water partition coefficient (Wildman–Crippen LogP) is 6.06. The lowest BCUT2D eigenvalue weighted by molar-refractivity contribution is 0.159. The van der Waals surface area contributed by atoms with Gasteiger partial charge in [0.2, 0.25) is 0 Å². The summed E-state index contributed by atoms with van der Waals surface area (Å²) in [6.07, 6.45) is 17.2. The first-order valence-electron chi connectivity index (χ1n) is 8.20. The third kappa shape index (κ3) is 15.4. The molecule has 0 aliphatic rings. The Hall–Kier alpha value is -0.560. The normalized spacial score (nSPS) is 11.3. The van der Waals surface area contributed by atoms with Crippen molar-refractivity contribution >= 4 is 0 Å². The number of hydrogen-bond acceptors (Lipinski definition) is 1. The van der Waals surface area contributed by atoms with Crippen molar-refractivity contribution in [1.82, 2.24) is 0 Å². The molecule has 0 aromatic heterocycles. The highest BCUT2D eigenvalue weighted by Gasteiger charge is 1.96. The summed E-state index contributed by atoms with van der Waals surface area (Å²) in [7, 11) is 0. The molecule has 0 aromatic carbocycles. The molecule has 0 amide bonds. The standard InChI is InChI=1S/C18H34O/c1-4-6-8-10-11-12-13-15-18(3)17-19-16-14-9-7-5-2/h7,9H,3-6,8,10-17H2,1-2H3/b9-7-. The van der Waals surface area contributed by atoms with Crippen LogP contribution in [0.15, 0.2) is 24.3 Å². The van der Waals surface area contributed by atoms with Crippen LogP contribution in [-0.4, -0.2) is 13.2 Å². The van der Waals surface area contributed by atoms with Gasteiger partial charge in [0.05, 0.1) is 13.2 Å². The molecule has 0 radical (unpaired) electrons. The van der Waals surface area contributed by atoms with Gasteiger partial charge < -0.3 is 4.74 Å². The Kier molecular flexibility index (Phi) is 15.0. The highest BCUT2D eigenvalue weighted by Crippen LogP contribution is 2.11. The minimum Gasteiger partial charge on any atom is -0.377 e. The van der Waals surface area contributed by atoms with Crippen LogP contribution in [0.2, 0.25) is 0 Å². The van der Waals surface area contributed by atoms with E-state index in [2.05, 4.69) is 32.6 Å². The second-order valence-electron chi connectivity index (χ2n) is 5.34. The van der Waals surface area contributed by atoms with Crippen LogP contribution in [0.4, 0.5) is 0 Å². The zero-order valence-corrected chi connectivity index (χ0v) is 13.3. The zero-order valence-electron chi connectivity index (χ0n) is 13.3. The van der Waals surface area contributed by atoms with Gasteiger partial charge in [0.1, 0.15) is 0 Å². The Morgan fingerprint density at radius 1 is 0.947 bits per heavy atom. The molecule has 0 aliphatic carbocycles. The molecule has 0 atom stereocenters. The average molecular weight is 266 g/mol. The van der Waals surface area contributed by atoms with Crippen molar-refractivity contribution in [2.24, 2.45) is 0 Å². The molecule has 0 unspecified atom stereocenters. The molecular weight excluding hydrogens is 232 g/mol. The minimum absolute atomic E-state index is 0.746. The summed E-state index contributed by atoms with van der Waals surface area (Å²) >= 11 is 0. The van der Waals surface area contributed by atoms with E-state index in [1.54, 1.807) is 0 Å². The van der Waals surface area contributed by atoms with Gasteiger partial charge in [-0.2, -0.15) is 0 Å². The molecule has 1 nitrogen and oxygen atoms in total. The molecule has 0 rings (SSSR count). The highest BCUT2D eigenvalue weighted by molar-refractivity contribution is 4.93. The van der Waals surface area contributed by atoms with E-state index in [1.165, 1.54) is 50.5 Å². The fourth-order valence-corrected chi connectivity index (χ4v) is 2.06. The van der Waals surface area contributed by atoms with Gasteiger partial charge in [0.15, 0.2) is 0 Å². The molecule has 0 heterocycles. The summed E-state index contributed by atoms with van der Waals surface area (Å²) in [5.41, 5.74) is 1.26. The number of allylic oxidation sites excluding steroid dienone is 1. The van der Waals surface area contributed by atoms with E-state index in [0.29, 0.717) is 0 Å². The lowest BCUT2D eigenvalue weighted by Gasteiger charge is -2.06. The lowest BCUT2D eigenvalue weighted by Crippen LogP contribution is -1.98. The molecule has 0 saturated carbocycles. The molecule has 0 saturated heterocycles. The molecule has 0 aromatic rings. The van der Waals surface area contributed by atoms with Gasteiger partial charge in [-0.25, -0.2) is 0 Å². The van der Waals surface area contributed by atoms with Crippen molar-refractivity contribution in [2.75, 3.05) is 13.2 Å². The molecule has 0 N–H and O–H groups in total. The number of rotatable bonds is 14. The second-order valence-corrected chi connectivity index (χ2v) is 5.34. The van der Waals surface area contributed by atoms with Crippen LogP contribution in [0.25, 0.3) is 0 Å². The summed E-state index contributed by atoms with van der Waals surface area (Å²) in [6.45, 7) is 10.1. The highest BCUT2D eigenvalue weighted by atomic mass is 16.5. The fraction of sp³-hybridized carbons (Fsp3) is 0.778. The monoisotopic (exact) mass is 266 g/mol. The summed E-state index contributed by atoms with van der Waals surface area (Å²) < 4.78 is 5.60. The second kappa shape index (κ2) is 15.5. The quantitative estimate of drug-likeness (QED) is 0.274. The number of ether oxygens (including phenoxy) is 1. The molecular formula is C18H34O. The van der Waals surface area contributed by atoms with Crippen LogP contribution in [0.5, 0.6) is 0 Å². The van der Waals surface area contributed by atoms with Crippen molar-refractivity contribution in [1.29, 1.82) is 0 Å². The number of unbranched alkanes of at least 4 members (excludes halogenated alkanes) is 6. The molecule has 19 heavy (non-hydrogen) atoms. The summed E-state index contributed by atoms with van der Waals surface area (Å²) in [5, 5.41) is 0. The Balaban J connectivity index is 3.19. The van der Waals surface area contributed by atoms with Crippen LogP contribution >= 0.6 is 0 Å². The van der Waals surface area contributed by atoms with Crippen LogP contribution in [-0.2, 0) is 4.74 Å². The Labute approximate surface area is 121 Å². The van der Waals surface area contributed by atoms with Crippen LogP contribution in [0.1, 0.15) is 78.1 Å². The predicted molar refractivity (Wildman–Crippen MR) is 86.6 cm³/mol. The lowest BCUT2D eigenvalue weighted by atomic mass is 10.1. The van der Waals surface area contributed by atoms with Crippen molar-refractivity contribution < 1.29 is 4.74 Å². The summed E-state index contributed by atoms with van der Waals surface area (Å²) in [4.78, 5) is 0. The SMILES string of the molecule is C=C(CCCCCCCCC)COCC/C=C\CC. The third-order valence-electron chi connectivity index (χ3n) is 3.27. The Morgan fingerprint density at radius 3 is 2.32 bits per heavy atom. The maximum atomic E-state index is 5.60. The summed E-state index contributed by atoms with van der Waals surface area (Å²) in [5.74, 6) is 0. The largest absolute Gasteiger partial charge is 0.377 e. The van der Waals surface area contributed by atoms with Crippen molar-refractivity contribution in [3.05, 3.63) is 24.3 Å². The van der Waals surface area contributed by atoms with E-state index >= 15 is 0 Å². The Morgan fingerprint density at radius 2 is 1.63 bits per heavy atom. The average Bonchev–Trinajstić information content (AvgIpc) is 2.41. The van der Waals surface area contributed by atoms with Gasteiger partial charge in [-0.3, -0.25) is 0 Å². The smallest absolute Gasteiger partial charge is 0.0674 e. The topological polar surface area (TPSA) is 9.23 Å². The first-order valence-corrected chi connectivity index (χ1v) is 8.20. The molecule has 0 fully saturated rings. The number of hydrogen-bond donors (Lipinski definition) is 0. The van der Waals surface area contributed by atoms with Crippen LogP contribution in [0, 0.1) is 0 Å².